The van der Waals surface area contributed by atoms with Gasteiger partial charge in [0.2, 0.25) is 11.8 Å². The third-order valence-corrected chi connectivity index (χ3v) is 9.99. The maximum Gasteiger partial charge on any atom is 0.315 e. The molecule has 4 amide bonds. The number of carbonyl (C=O) groups is 4. The number of methoxy groups -OCH3 is 1. The summed E-state index contributed by atoms with van der Waals surface area (Å²) < 4.78 is 32.8. The number of nitro benzene ring substituents is 1. The molecule has 298 valence electrons. The van der Waals surface area contributed by atoms with Gasteiger partial charge < -0.3 is 49.7 Å². The zero-order chi connectivity index (χ0) is 38.4. The smallest absolute Gasteiger partial charge is 0.315 e. The second kappa shape index (κ2) is 24.4. The second-order valence-corrected chi connectivity index (χ2v) is 13.8. The number of amides is 4. The molecule has 0 aromatic heterocycles. The first-order valence-electron chi connectivity index (χ1n) is 18.3. The minimum atomic E-state index is -0.851. The number of nitrogens with one attached hydrogen (secondary N) is 4. The van der Waals surface area contributed by atoms with E-state index in [2.05, 4.69) is 21.3 Å². The van der Waals surface area contributed by atoms with Gasteiger partial charge in [0.1, 0.15) is 6.10 Å². The first-order chi connectivity index (χ1) is 25.6. The molecule has 0 radical (unpaired) electrons. The van der Waals surface area contributed by atoms with E-state index in [9.17, 15) is 29.3 Å². The Labute approximate surface area is 314 Å². The predicted octanol–water partition coefficient (Wildman–Crippen LogP) is 3.17. The van der Waals surface area contributed by atoms with E-state index in [0.717, 1.165) is 25.0 Å². The number of rotatable bonds is 28. The molecule has 18 heteroatoms. The van der Waals surface area contributed by atoms with E-state index in [0.29, 0.717) is 77.2 Å². The van der Waals surface area contributed by atoms with Crippen molar-refractivity contribution >= 4 is 41.3 Å². The fourth-order valence-electron chi connectivity index (χ4n) is 5.78. The van der Waals surface area contributed by atoms with Crippen molar-refractivity contribution < 1.29 is 52.5 Å². The Morgan fingerprint density at radius 3 is 2.17 bits per heavy atom. The van der Waals surface area contributed by atoms with E-state index in [1.807, 2.05) is 18.7 Å². The van der Waals surface area contributed by atoms with E-state index < -0.39 is 17.0 Å². The SMILES string of the molecule is CCCC(=O)OC(C)c1cc(OC)c(OCCCC(=O)NCCOCCOCCOCCNC(=O)CCCC[C@@H]2SC[C@@H]3NC(=O)N[C@@H]32)cc1[N+](=O)[O-]. The van der Waals surface area contributed by atoms with E-state index in [-0.39, 0.29) is 72.1 Å². The number of nitro groups is 1. The lowest BCUT2D eigenvalue weighted by Gasteiger charge is -2.17. The highest BCUT2D eigenvalue weighted by molar-refractivity contribution is 8.00. The van der Waals surface area contributed by atoms with Crippen molar-refractivity contribution in [2.45, 2.75) is 88.7 Å². The van der Waals surface area contributed by atoms with E-state index in [1.54, 1.807) is 6.92 Å². The fourth-order valence-corrected chi connectivity index (χ4v) is 7.32. The van der Waals surface area contributed by atoms with Crippen LogP contribution in [0.4, 0.5) is 10.5 Å². The number of fused-ring (bicyclic) bond motifs is 1. The summed E-state index contributed by atoms with van der Waals surface area (Å²) in [6.45, 7) is 6.52. The van der Waals surface area contributed by atoms with Crippen LogP contribution in [0.1, 0.15) is 76.9 Å². The molecule has 2 aliphatic rings. The molecule has 1 aromatic carbocycles. The number of esters is 1. The van der Waals surface area contributed by atoms with Crippen molar-refractivity contribution in [2.24, 2.45) is 0 Å². The summed E-state index contributed by atoms with van der Waals surface area (Å²) in [7, 11) is 1.40. The Balaban J connectivity index is 1.12. The lowest BCUT2D eigenvalue weighted by molar-refractivity contribution is -0.386. The topological polar surface area (TPSA) is 215 Å². The zero-order valence-corrected chi connectivity index (χ0v) is 31.8. The molecule has 0 aliphatic carbocycles. The van der Waals surface area contributed by atoms with Gasteiger partial charge in [-0.15, -0.1) is 0 Å². The molecule has 2 heterocycles. The molecule has 4 N–H and O–H groups in total. The zero-order valence-electron chi connectivity index (χ0n) is 30.9. The van der Waals surface area contributed by atoms with Gasteiger partial charge in [-0.1, -0.05) is 13.3 Å². The Hall–Kier alpha value is -3.87. The quantitative estimate of drug-likeness (QED) is 0.0317. The summed E-state index contributed by atoms with van der Waals surface area (Å²) in [5.41, 5.74) is -0.0699. The molecule has 2 saturated heterocycles. The van der Waals surface area contributed by atoms with E-state index in [4.69, 9.17) is 28.4 Å². The highest BCUT2D eigenvalue weighted by atomic mass is 32.2. The van der Waals surface area contributed by atoms with Gasteiger partial charge in [0.25, 0.3) is 5.69 Å². The first-order valence-corrected chi connectivity index (χ1v) is 19.3. The average molecular weight is 770 g/mol. The minimum Gasteiger partial charge on any atom is -0.493 e. The lowest BCUT2D eigenvalue weighted by atomic mass is 10.0. The van der Waals surface area contributed by atoms with Crippen LogP contribution in [-0.4, -0.2) is 118 Å². The summed E-state index contributed by atoms with van der Waals surface area (Å²) in [5, 5.41) is 23.7. The van der Waals surface area contributed by atoms with Crippen LogP contribution in [0.15, 0.2) is 12.1 Å². The minimum absolute atomic E-state index is 0.00821. The third-order valence-electron chi connectivity index (χ3n) is 8.48. The molecule has 0 spiro atoms. The Kier molecular flexibility index (Phi) is 20.1. The molecule has 17 nitrogen and oxygen atoms in total. The summed E-state index contributed by atoms with van der Waals surface area (Å²) in [6, 6.07) is 3.01. The molecule has 0 bridgehead atoms. The van der Waals surface area contributed by atoms with Crippen LogP contribution in [0.25, 0.3) is 0 Å². The molecule has 1 unspecified atom stereocenters. The van der Waals surface area contributed by atoms with E-state index >= 15 is 0 Å². The first kappa shape index (κ1) is 43.5. The summed E-state index contributed by atoms with van der Waals surface area (Å²) in [6.07, 6.45) is 3.72. The normalized spacial score (nSPS) is 18.0. The van der Waals surface area contributed by atoms with Crippen LogP contribution in [0.5, 0.6) is 11.5 Å². The number of benzene rings is 1. The van der Waals surface area contributed by atoms with Crippen molar-refractivity contribution in [3.63, 3.8) is 0 Å². The van der Waals surface area contributed by atoms with Crippen LogP contribution >= 0.6 is 11.8 Å². The van der Waals surface area contributed by atoms with Crippen molar-refractivity contribution in [3.05, 3.63) is 27.8 Å². The van der Waals surface area contributed by atoms with Gasteiger partial charge in [-0.05, 0) is 38.7 Å². The Morgan fingerprint density at radius 2 is 1.55 bits per heavy atom. The van der Waals surface area contributed by atoms with Crippen LogP contribution in [0, 0.1) is 10.1 Å². The van der Waals surface area contributed by atoms with Gasteiger partial charge in [-0.2, -0.15) is 11.8 Å². The number of hydrogen-bond donors (Lipinski definition) is 4. The largest absolute Gasteiger partial charge is 0.493 e. The lowest BCUT2D eigenvalue weighted by Crippen LogP contribution is -2.36. The van der Waals surface area contributed by atoms with Crippen molar-refractivity contribution in [3.8, 4) is 11.5 Å². The number of thioether (sulfide) groups is 1. The van der Waals surface area contributed by atoms with Gasteiger partial charge in [0, 0.05) is 43.4 Å². The van der Waals surface area contributed by atoms with Crippen molar-refractivity contribution in [2.75, 3.05) is 72.2 Å². The maximum absolute atomic E-state index is 12.2. The van der Waals surface area contributed by atoms with Gasteiger partial charge in [0.05, 0.1) is 82.0 Å². The number of hydrogen-bond acceptors (Lipinski definition) is 13. The Morgan fingerprint density at radius 1 is 0.906 bits per heavy atom. The highest BCUT2D eigenvalue weighted by Gasteiger charge is 2.42. The molecule has 4 atom stereocenters. The molecule has 3 rings (SSSR count). The molecular formula is C35H55N5O12S. The van der Waals surface area contributed by atoms with Gasteiger partial charge in [-0.3, -0.25) is 24.5 Å². The molecule has 53 heavy (non-hydrogen) atoms. The summed E-state index contributed by atoms with van der Waals surface area (Å²) >= 11 is 1.88. The number of urea groups is 1. The average Bonchev–Trinajstić information content (AvgIpc) is 3.69. The number of nitrogens with zero attached hydrogens (tertiary/aromatic N) is 1. The van der Waals surface area contributed by atoms with E-state index in [1.165, 1.54) is 19.2 Å². The molecule has 2 aliphatic heterocycles. The molecule has 1 aromatic rings. The van der Waals surface area contributed by atoms with Crippen molar-refractivity contribution in [1.29, 1.82) is 0 Å². The van der Waals surface area contributed by atoms with Crippen LogP contribution in [0.3, 0.4) is 0 Å². The highest BCUT2D eigenvalue weighted by Crippen LogP contribution is 2.39. The maximum atomic E-state index is 12.2. The molecular weight excluding hydrogens is 714 g/mol. The standard InChI is InChI=1S/C35H55N5O12S/c1-4-8-33(43)52-24(2)25-21-28(47-3)29(22-27(25)40(45)46)51-14-7-11-32(42)37-13-16-49-18-20-50-19-17-48-15-12-36-31(41)10-6-5-9-30-34-26(23-53-30)38-35(44)39-34/h21-22,24,26,30,34H,4-20,23H2,1-3H3,(H,36,41)(H,37,42)(H2,38,39,44)/t24?,26-,30-,34-/m0/s1. The summed E-state index contributed by atoms with van der Waals surface area (Å²) in [5.74, 6) is 0.714. The molecule has 0 saturated carbocycles. The fraction of sp³-hybridized carbons (Fsp3) is 0.714. The number of ether oxygens (including phenoxy) is 6. The third kappa shape index (κ3) is 16.0. The number of carbonyl (C=O) groups excluding carboxylic acids is 4. The van der Waals surface area contributed by atoms with Crippen molar-refractivity contribution in [1.82, 2.24) is 21.3 Å². The molecule has 2 fully saturated rings. The Bertz CT molecular complexity index is 1340. The van der Waals surface area contributed by atoms with Gasteiger partial charge in [0.15, 0.2) is 11.5 Å². The predicted molar refractivity (Wildman–Crippen MR) is 196 cm³/mol. The monoisotopic (exact) mass is 769 g/mol. The van der Waals surface area contributed by atoms with Crippen LogP contribution in [-0.2, 0) is 33.3 Å². The number of unbranched alkanes of at least 4 members (excludes halogenated alkanes) is 1. The van der Waals surface area contributed by atoms with Gasteiger partial charge in [-0.25, -0.2) is 4.79 Å². The van der Waals surface area contributed by atoms with Crippen LogP contribution in [0.2, 0.25) is 0 Å². The van der Waals surface area contributed by atoms with Crippen LogP contribution < -0.4 is 30.7 Å². The van der Waals surface area contributed by atoms with Gasteiger partial charge >= 0.3 is 12.0 Å². The summed E-state index contributed by atoms with van der Waals surface area (Å²) in [4.78, 5) is 58.8. The second-order valence-electron chi connectivity index (χ2n) is 12.6.